The number of aromatic hydroxyl groups is 1. The lowest BCUT2D eigenvalue weighted by Gasteiger charge is -2.51. The minimum absolute atomic E-state index is 0.0177. The molecular weight excluding hydrogens is 494 g/mol. The van der Waals surface area contributed by atoms with Gasteiger partial charge in [0, 0.05) is 30.0 Å². The molecule has 5 rings (SSSR count). The lowest BCUT2D eigenvalue weighted by molar-refractivity contribution is -0.384. The van der Waals surface area contributed by atoms with E-state index in [9.17, 15) is 40.1 Å². The quantitative estimate of drug-likeness (QED) is 0.297. The normalized spacial score (nSPS) is 26.6. The summed E-state index contributed by atoms with van der Waals surface area (Å²) < 4.78 is 0. The monoisotopic (exact) mass is 521 g/mol. The number of nitrogens with two attached hydrogens (primary N) is 1. The summed E-state index contributed by atoms with van der Waals surface area (Å²) in [7, 11) is 3.29. The molecule has 3 aliphatic carbocycles. The van der Waals surface area contributed by atoms with Crippen LogP contribution in [0.1, 0.15) is 24.0 Å². The number of nitro benzene ring substituents is 1. The van der Waals surface area contributed by atoms with E-state index in [0.717, 1.165) is 0 Å². The highest BCUT2D eigenvalue weighted by Crippen LogP contribution is 2.54. The van der Waals surface area contributed by atoms with Gasteiger partial charge in [0.15, 0.2) is 5.78 Å². The van der Waals surface area contributed by atoms with Gasteiger partial charge < -0.3 is 26.2 Å². The van der Waals surface area contributed by atoms with Gasteiger partial charge in [-0.2, -0.15) is 0 Å². The van der Waals surface area contributed by atoms with Crippen LogP contribution in [-0.4, -0.2) is 67.7 Å². The van der Waals surface area contributed by atoms with Crippen molar-refractivity contribution in [3.8, 4) is 16.9 Å². The molecule has 38 heavy (non-hydrogen) atoms. The number of nitrogens with zero attached hydrogens (tertiary/aromatic N) is 2. The Morgan fingerprint density at radius 1 is 1.18 bits per heavy atom. The number of hydrogen-bond acceptors (Lipinski definition) is 9. The number of phenolic OH excluding ortho intramolecular Hbond substituents is 1. The van der Waals surface area contributed by atoms with Crippen LogP contribution in [0.5, 0.6) is 5.75 Å². The molecule has 0 heterocycles. The van der Waals surface area contributed by atoms with Gasteiger partial charge in [0.05, 0.1) is 22.1 Å². The Hall–Kier alpha value is -4.22. The molecule has 0 aliphatic heterocycles. The number of aliphatic hydroxyl groups excluding tert-OH is 2. The zero-order chi connectivity index (χ0) is 27.7. The van der Waals surface area contributed by atoms with Gasteiger partial charge in [0.2, 0.25) is 5.91 Å². The molecule has 11 heteroatoms. The number of phenols is 1. The molecule has 3 aliphatic rings. The fraction of sp³-hybridized carbons (Fsp3) is 0.333. The predicted octanol–water partition coefficient (Wildman–Crippen LogP) is 2.36. The smallest absolute Gasteiger partial charge is 0.270 e. The highest BCUT2D eigenvalue weighted by Gasteiger charge is 2.60. The number of Topliss-reactive ketones (excluding diaryl/α,β-unsaturated/α-hetero) is 1. The number of non-ortho nitro benzene ring substituents is 1. The summed E-state index contributed by atoms with van der Waals surface area (Å²) in [6.45, 7) is 0. The summed E-state index contributed by atoms with van der Waals surface area (Å²) >= 11 is 0. The third kappa shape index (κ3) is 3.57. The topological polar surface area (TPSA) is 187 Å². The summed E-state index contributed by atoms with van der Waals surface area (Å²) in [5, 5.41) is 56.0. The minimum Gasteiger partial charge on any atom is -0.510 e. The van der Waals surface area contributed by atoms with Crippen molar-refractivity contribution < 1.29 is 34.9 Å². The van der Waals surface area contributed by atoms with E-state index in [1.165, 1.54) is 24.3 Å². The van der Waals surface area contributed by atoms with Crippen LogP contribution in [0.15, 0.2) is 53.3 Å². The molecule has 0 spiro atoms. The first-order valence-electron chi connectivity index (χ1n) is 12.0. The zero-order valence-electron chi connectivity index (χ0n) is 20.7. The van der Waals surface area contributed by atoms with Gasteiger partial charge in [-0.25, -0.2) is 0 Å². The first-order valence-corrected chi connectivity index (χ1v) is 12.0. The Kier molecular flexibility index (Phi) is 5.80. The van der Waals surface area contributed by atoms with Gasteiger partial charge in [0.1, 0.15) is 22.9 Å². The van der Waals surface area contributed by atoms with Gasteiger partial charge in [-0.1, -0.05) is 18.2 Å². The van der Waals surface area contributed by atoms with Crippen molar-refractivity contribution in [3.05, 3.63) is 74.5 Å². The van der Waals surface area contributed by atoms with Crippen LogP contribution in [0.25, 0.3) is 16.9 Å². The predicted molar refractivity (Wildman–Crippen MR) is 136 cm³/mol. The van der Waals surface area contributed by atoms with Crippen molar-refractivity contribution in [2.75, 3.05) is 14.1 Å². The third-order valence-electron chi connectivity index (χ3n) is 8.07. The molecule has 1 saturated carbocycles. The Labute approximate surface area is 217 Å². The highest BCUT2D eigenvalue weighted by molar-refractivity contribution is 6.10. The lowest BCUT2D eigenvalue weighted by Crippen LogP contribution is -2.62. The lowest BCUT2D eigenvalue weighted by atomic mass is 9.57. The number of carbonyl (C=O) groups is 2. The second kappa shape index (κ2) is 8.67. The summed E-state index contributed by atoms with van der Waals surface area (Å²) in [4.78, 5) is 38.4. The van der Waals surface area contributed by atoms with Crippen LogP contribution in [0, 0.1) is 22.0 Å². The van der Waals surface area contributed by atoms with E-state index in [-0.39, 0.29) is 46.7 Å². The van der Waals surface area contributed by atoms with Gasteiger partial charge in [0.25, 0.3) is 5.69 Å². The summed E-state index contributed by atoms with van der Waals surface area (Å²) in [5.41, 5.74) is 4.48. The third-order valence-corrected chi connectivity index (χ3v) is 8.07. The molecule has 1 amide bonds. The number of carbonyl (C=O) groups excluding carboxylic acids is 2. The van der Waals surface area contributed by atoms with Gasteiger partial charge in [-0.05, 0) is 55.6 Å². The largest absolute Gasteiger partial charge is 0.510 e. The van der Waals surface area contributed by atoms with Crippen LogP contribution in [-0.2, 0) is 16.0 Å². The van der Waals surface area contributed by atoms with E-state index in [2.05, 4.69) is 0 Å². The second-order valence-electron chi connectivity index (χ2n) is 10.4. The zero-order valence-corrected chi connectivity index (χ0v) is 20.7. The maximum atomic E-state index is 13.9. The molecule has 4 atom stereocenters. The molecule has 2 aromatic carbocycles. The number of amides is 1. The molecule has 4 unspecified atom stereocenters. The van der Waals surface area contributed by atoms with Crippen LogP contribution in [0.3, 0.4) is 0 Å². The van der Waals surface area contributed by atoms with Crippen LogP contribution in [0.4, 0.5) is 5.69 Å². The first-order chi connectivity index (χ1) is 17.9. The molecule has 0 saturated heterocycles. The number of fused-ring (bicyclic) bond motifs is 3. The van der Waals surface area contributed by atoms with E-state index in [0.29, 0.717) is 16.7 Å². The molecule has 198 valence electrons. The van der Waals surface area contributed by atoms with Crippen molar-refractivity contribution in [1.29, 1.82) is 0 Å². The Morgan fingerprint density at radius 3 is 2.53 bits per heavy atom. The number of aliphatic hydroxyl groups is 3. The fourth-order valence-corrected chi connectivity index (χ4v) is 6.39. The summed E-state index contributed by atoms with van der Waals surface area (Å²) in [6.07, 6.45) is -0.144. The van der Waals surface area contributed by atoms with Crippen molar-refractivity contribution in [2.24, 2.45) is 17.6 Å². The van der Waals surface area contributed by atoms with Crippen molar-refractivity contribution in [3.63, 3.8) is 0 Å². The van der Waals surface area contributed by atoms with E-state index < -0.39 is 52.3 Å². The van der Waals surface area contributed by atoms with Crippen LogP contribution < -0.4 is 5.73 Å². The molecule has 6 N–H and O–H groups in total. The number of hydrogen-bond donors (Lipinski definition) is 5. The second-order valence-corrected chi connectivity index (χ2v) is 10.4. The van der Waals surface area contributed by atoms with Gasteiger partial charge >= 0.3 is 0 Å². The molecular formula is C27H27N3O8. The van der Waals surface area contributed by atoms with Crippen molar-refractivity contribution in [2.45, 2.75) is 30.9 Å². The fourth-order valence-electron chi connectivity index (χ4n) is 6.39. The van der Waals surface area contributed by atoms with Crippen LogP contribution in [0.2, 0.25) is 0 Å². The number of benzene rings is 2. The first kappa shape index (κ1) is 25.4. The average Bonchev–Trinajstić information content (AvgIpc) is 2.85. The Bertz CT molecular complexity index is 1480. The molecule has 0 radical (unpaired) electrons. The van der Waals surface area contributed by atoms with E-state index in [1.807, 2.05) is 0 Å². The maximum absolute atomic E-state index is 13.9. The Morgan fingerprint density at radius 2 is 1.89 bits per heavy atom. The van der Waals surface area contributed by atoms with E-state index in [4.69, 9.17) is 5.73 Å². The minimum atomic E-state index is -2.11. The van der Waals surface area contributed by atoms with Crippen molar-refractivity contribution >= 4 is 23.1 Å². The summed E-state index contributed by atoms with van der Waals surface area (Å²) in [6, 6.07) is 8.02. The van der Waals surface area contributed by atoms with Gasteiger partial charge in [-0.15, -0.1) is 0 Å². The molecule has 11 nitrogen and oxygen atoms in total. The van der Waals surface area contributed by atoms with Gasteiger partial charge in [-0.3, -0.25) is 24.6 Å². The highest BCUT2D eigenvalue weighted by atomic mass is 16.6. The number of primary amides is 1. The molecule has 2 aromatic rings. The van der Waals surface area contributed by atoms with Crippen molar-refractivity contribution in [1.82, 2.24) is 4.90 Å². The number of rotatable bonds is 4. The van der Waals surface area contributed by atoms with E-state index in [1.54, 1.807) is 31.1 Å². The average molecular weight is 522 g/mol. The SMILES string of the molecule is CN(C)C1C(O)=C(C(N)=O)CC2(O)C(=O)C3=C(O)c4c(O)ccc(-c5cccc([N+](=O)[O-])c5)c4CC3CC12. The Balaban J connectivity index is 1.68. The number of nitro groups is 1. The molecule has 0 aromatic heterocycles. The molecule has 0 bridgehead atoms. The van der Waals surface area contributed by atoms with Crippen LogP contribution >= 0.6 is 0 Å². The standard InChI is InChI=1S/C27H27N3O8/c1-29(2)22-18-10-13-9-16-15(12-4-3-5-14(8-12)30(37)38)6-7-19(31)21(16)24(33)20(13)25(34)27(18,36)11-17(23(22)32)26(28)35/h3-8,13,18,22,31-33,36H,9-11H2,1-2H3,(H2,28,35). The summed E-state index contributed by atoms with van der Waals surface area (Å²) in [5.74, 6) is -4.24. The number of ketones is 1. The molecule has 1 fully saturated rings. The van der Waals surface area contributed by atoms with E-state index >= 15 is 0 Å². The number of likely N-dealkylation sites (N-methyl/N-ethyl adjacent to an activating group) is 1. The maximum Gasteiger partial charge on any atom is 0.270 e.